The third-order valence-corrected chi connectivity index (χ3v) is 5.61. The molecule has 0 aromatic heterocycles. The van der Waals surface area contributed by atoms with Gasteiger partial charge in [-0.2, -0.15) is 0 Å². The molecule has 0 aromatic rings. The second-order valence-electron chi connectivity index (χ2n) is 6.46. The molecule has 3 atom stereocenters. The minimum absolute atomic E-state index is 0.681. The van der Waals surface area contributed by atoms with E-state index in [-0.39, 0.29) is 0 Å². The predicted octanol–water partition coefficient (Wildman–Crippen LogP) is 3.98. The van der Waals surface area contributed by atoms with Crippen molar-refractivity contribution in [2.24, 2.45) is 17.3 Å². The van der Waals surface area contributed by atoms with Crippen molar-refractivity contribution in [1.29, 1.82) is 0 Å². The Morgan fingerprint density at radius 3 is 2.44 bits per heavy atom. The summed E-state index contributed by atoms with van der Waals surface area (Å²) in [7, 11) is 0. The Morgan fingerprint density at radius 2 is 1.88 bits per heavy atom. The summed E-state index contributed by atoms with van der Waals surface area (Å²) in [5, 5.41) is 3.90. The molecule has 1 nitrogen and oxygen atoms in total. The quantitative estimate of drug-likeness (QED) is 0.760. The first-order valence-electron chi connectivity index (χ1n) is 7.40. The third kappa shape index (κ3) is 2.45. The van der Waals surface area contributed by atoms with E-state index >= 15 is 0 Å². The average molecular weight is 223 g/mol. The zero-order valence-corrected chi connectivity index (χ0v) is 11.4. The molecule has 0 saturated heterocycles. The highest BCUT2D eigenvalue weighted by molar-refractivity contribution is 4.91. The van der Waals surface area contributed by atoms with Gasteiger partial charge in [0.15, 0.2) is 0 Å². The largest absolute Gasteiger partial charge is 0.313 e. The smallest absolute Gasteiger partial charge is 0.00954 e. The minimum atomic E-state index is 0.681. The Morgan fingerprint density at radius 1 is 1.12 bits per heavy atom. The van der Waals surface area contributed by atoms with Crippen LogP contribution in [0.2, 0.25) is 0 Å². The maximum Gasteiger partial charge on any atom is 0.00954 e. The van der Waals surface area contributed by atoms with Crippen LogP contribution >= 0.6 is 0 Å². The first-order valence-corrected chi connectivity index (χ1v) is 7.40. The molecule has 0 amide bonds. The standard InChI is InChI=1S/C15H29N/c1-4-15(9-6-10-15)11-16-14-8-5-7-12(2)13(14)3/h12-14,16H,4-11H2,1-3H3. The van der Waals surface area contributed by atoms with Gasteiger partial charge >= 0.3 is 0 Å². The topological polar surface area (TPSA) is 12.0 Å². The van der Waals surface area contributed by atoms with E-state index < -0.39 is 0 Å². The summed E-state index contributed by atoms with van der Waals surface area (Å²) in [5.74, 6) is 1.80. The van der Waals surface area contributed by atoms with Gasteiger partial charge in [0.1, 0.15) is 0 Å². The average Bonchev–Trinajstić information content (AvgIpc) is 2.23. The van der Waals surface area contributed by atoms with Crippen molar-refractivity contribution in [3.8, 4) is 0 Å². The van der Waals surface area contributed by atoms with Crippen molar-refractivity contribution >= 4 is 0 Å². The minimum Gasteiger partial charge on any atom is -0.313 e. The van der Waals surface area contributed by atoms with Crippen LogP contribution in [0.3, 0.4) is 0 Å². The van der Waals surface area contributed by atoms with Crippen LogP contribution in [-0.4, -0.2) is 12.6 Å². The zero-order chi connectivity index (χ0) is 11.6. The molecule has 94 valence electrons. The van der Waals surface area contributed by atoms with Crippen LogP contribution in [-0.2, 0) is 0 Å². The SMILES string of the molecule is CCC1(CNC2CCCC(C)C2C)CCC1. The fourth-order valence-electron chi connectivity index (χ4n) is 3.55. The lowest BCUT2D eigenvalue weighted by Crippen LogP contribution is -2.47. The summed E-state index contributed by atoms with van der Waals surface area (Å²) in [5.41, 5.74) is 0.681. The van der Waals surface area contributed by atoms with Crippen molar-refractivity contribution in [1.82, 2.24) is 5.32 Å². The van der Waals surface area contributed by atoms with Crippen molar-refractivity contribution in [2.75, 3.05) is 6.54 Å². The van der Waals surface area contributed by atoms with Crippen molar-refractivity contribution in [3.05, 3.63) is 0 Å². The van der Waals surface area contributed by atoms with Crippen molar-refractivity contribution in [2.45, 2.75) is 71.8 Å². The van der Waals surface area contributed by atoms with Crippen LogP contribution in [0.5, 0.6) is 0 Å². The van der Waals surface area contributed by atoms with Gasteiger partial charge in [-0.15, -0.1) is 0 Å². The molecule has 0 aromatic carbocycles. The predicted molar refractivity (Wildman–Crippen MR) is 70.5 cm³/mol. The lowest BCUT2D eigenvalue weighted by atomic mass is 9.66. The van der Waals surface area contributed by atoms with Crippen LogP contribution in [0, 0.1) is 17.3 Å². The second-order valence-corrected chi connectivity index (χ2v) is 6.46. The Kier molecular flexibility index (Phi) is 3.94. The maximum absolute atomic E-state index is 3.90. The fraction of sp³-hybridized carbons (Fsp3) is 1.00. The molecule has 0 aliphatic heterocycles. The van der Waals surface area contributed by atoms with Crippen LogP contribution in [0.25, 0.3) is 0 Å². The summed E-state index contributed by atoms with van der Waals surface area (Å²) < 4.78 is 0. The third-order valence-electron chi connectivity index (χ3n) is 5.61. The van der Waals surface area contributed by atoms with E-state index in [1.807, 2.05) is 0 Å². The number of hydrogen-bond donors (Lipinski definition) is 1. The van der Waals surface area contributed by atoms with Gasteiger partial charge in [-0.1, -0.05) is 40.0 Å². The molecule has 0 heterocycles. The molecule has 2 aliphatic rings. The first kappa shape index (κ1) is 12.4. The molecule has 0 radical (unpaired) electrons. The lowest BCUT2D eigenvalue weighted by Gasteiger charge is -2.44. The Hall–Kier alpha value is -0.0400. The van der Waals surface area contributed by atoms with E-state index in [2.05, 4.69) is 26.1 Å². The summed E-state index contributed by atoms with van der Waals surface area (Å²) in [6.45, 7) is 8.53. The van der Waals surface area contributed by atoms with Crippen LogP contribution < -0.4 is 5.32 Å². The van der Waals surface area contributed by atoms with Gasteiger partial charge in [0.05, 0.1) is 0 Å². The van der Waals surface area contributed by atoms with E-state index in [9.17, 15) is 0 Å². The number of nitrogens with one attached hydrogen (secondary N) is 1. The van der Waals surface area contributed by atoms with Gasteiger partial charge < -0.3 is 5.32 Å². The molecule has 2 aliphatic carbocycles. The Labute approximate surface area is 101 Å². The van der Waals surface area contributed by atoms with Gasteiger partial charge in [-0.25, -0.2) is 0 Å². The van der Waals surface area contributed by atoms with E-state index in [4.69, 9.17) is 0 Å². The van der Waals surface area contributed by atoms with Gasteiger partial charge in [-0.3, -0.25) is 0 Å². The van der Waals surface area contributed by atoms with E-state index in [0.717, 1.165) is 17.9 Å². The summed E-state index contributed by atoms with van der Waals surface area (Å²) in [4.78, 5) is 0. The van der Waals surface area contributed by atoms with Crippen LogP contribution in [0.15, 0.2) is 0 Å². The molecule has 3 unspecified atom stereocenters. The van der Waals surface area contributed by atoms with Gasteiger partial charge in [0.25, 0.3) is 0 Å². The van der Waals surface area contributed by atoms with Gasteiger partial charge in [-0.05, 0) is 42.9 Å². The molecule has 1 heteroatoms. The van der Waals surface area contributed by atoms with Crippen LogP contribution in [0.4, 0.5) is 0 Å². The summed E-state index contributed by atoms with van der Waals surface area (Å²) in [6, 6.07) is 0.799. The summed E-state index contributed by atoms with van der Waals surface area (Å²) >= 11 is 0. The molecular weight excluding hydrogens is 194 g/mol. The highest BCUT2D eigenvalue weighted by Crippen LogP contribution is 2.43. The van der Waals surface area contributed by atoms with Gasteiger partial charge in [0.2, 0.25) is 0 Å². The second kappa shape index (κ2) is 5.08. The first-order chi connectivity index (χ1) is 7.67. The molecule has 2 fully saturated rings. The lowest BCUT2D eigenvalue weighted by molar-refractivity contribution is 0.102. The molecule has 1 N–H and O–H groups in total. The van der Waals surface area contributed by atoms with Crippen molar-refractivity contribution < 1.29 is 0 Å². The zero-order valence-electron chi connectivity index (χ0n) is 11.4. The molecule has 0 bridgehead atoms. The summed E-state index contributed by atoms with van der Waals surface area (Å²) in [6.07, 6.45) is 10.1. The highest BCUT2D eigenvalue weighted by Gasteiger charge is 2.36. The number of hydrogen-bond acceptors (Lipinski definition) is 1. The van der Waals surface area contributed by atoms with E-state index in [1.165, 1.54) is 51.5 Å². The maximum atomic E-state index is 3.90. The highest BCUT2D eigenvalue weighted by atomic mass is 14.9. The fourth-order valence-corrected chi connectivity index (χ4v) is 3.55. The molecule has 2 rings (SSSR count). The molecule has 0 spiro atoms. The monoisotopic (exact) mass is 223 g/mol. The van der Waals surface area contributed by atoms with Gasteiger partial charge in [0, 0.05) is 12.6 Å². The molecule has 2 saturated carbocycles. The van der Waals surface area contributed by atoms with Crippen LogP contribution in [0.1, 0.15) is 65.7 Å². The van der Waals surface area contributed by atoms with E-state index in [0.29, 0.717) is 5.41 Å². The normalized spacial score (nSPS) is 38.1. The Bertz CT molecular complexity index is 214. The van der Waals surface area contributed by atoms with Crippen molar-refractivity contribution in [3.63, 3.8) is 0 Å². The number of rotatable bonds is 4. The Balaban J connectivity index is 1.80. The molecule has 16 heavy (non-hydrogen) atoms. The molecular formula is C15H29N. The van der Waals surface area contributed by atoms with E-state index in [1.54, 1.807) is 0 Å².